The molecule has 0 atom stereocenters. The molecule has 3 aromatic rings. The van der Waals surface area contributed by atoms with E-state index in [1.807, 2.05) is 33.8 Å². The Labute approximate surface area is 183 Å². The number of carbonyl (C=O) groups is 1. The number of anilines is 1. The predicted molar refractivity (Wildman–Crippen MR) is 113 cm³/mol. The van der Waals surface area contributed by atoms with Gasteiger partial charge >= 0.3 is 6.18 Å². The molecule has 0 fully saturated rings. The van der Waals surface area contributed by atoms with E-state index in [0.29, 0.717) is 24.0 Å². The van der Waals surface area contributed by atoms with E-state index < -0.39 is 11.7 Å². The monoisotopic (exact) mass is 447 g/mol. The van der Waals surface area contributed by atoms with Crippen LogP contribution in [0.3, 0.4) is 0 Å². The van der Waals surface area contributed by atoms with Crippen LogP contribution in [0.5, 0.6) is 0 Å². The summed E-state index contributed by atoms with van der Waals surface area (Å²) in [5.74, 6) is 0.566. The minimum Gasteiger partial charge on any atom is -0.368 e. The molecule has 2 N–H and O–H groups in total. The first kappa shape index (κ1) is 23.2. The molecule has 0 aliphatic heterocycles. The first-order valence-corrected chi connectivity index (χ1v) is 9.96. The normalized spacial score (nSPS) is 11.5. The molecule has 32 heavy (non-hydrogen) atoms. The third kappa shape index (κ3) is 5.59. The van der Waals surface area contributed by atoms with Crippen LogP contribution in [-0.4, -0.2) is 43.7 Å². The van der Waals surface area contributed by atoms with Crippen LogP contribution in [-0.2, 0) is 17.4 Å². The van der Waals surface area contributed by atoms with Crippen molar-refractivity contribution in [2.24, 2.45) is 0 Å². The maximum Gasteiger partial charge on any atom is 0.417 e. The van der Waals surface area contributed by atoms with Crippen molar-refractivity contribution in [2.45, 2.75) is 40.3 Å². The summed E-state index contributed by atoms with van der Waals surface area (Å²) >= 11 is 0. The van der Waals surface area contributed by atoms with E-state index in [-0.39, 0.29) is 18.9 Å². The fourth-order valence-electron chi connectivity index (χ4n) is 3.21. The highest BCUT2D eigenvalue weighted by Crippen LogP contribution is 2.28. The Morgan fingerprint density at radius 2 is 1.75 bits per heavy atom. The molecule has 0 unspecified atom stereocenters. The third-order valence-electron chi connectivity index (χ3n) is 4.78. The second-order valence-corrected chi connectivity index (χ2v) is 7.40. The zero-order valence-electron chi connectivity index (χ0n) is 18.2. The van der Waals surface area contributed by atoms with Gasteiger partial charge in [0.2, 0.25) is 5.91 Å². The standard InChI is InChI=1S/C21H24F3N7O/c1-12-9-13(2)29-20(28-12)31-15(4)17(14(3)30-31)10-19(32)26-8-7-25-18-6-5-16(11-27-18)21(22,23)24/h5-6,9,11H,7-8,10H2,1-4H3,(H,25,27)(H,26,32). The molecular formula is C21H24F3N7O. The summed E-state index contributed by atoms with van der Waals surface area (Å²) in [6, 6.07) is 4.08. The molecule has 0 saturated heterocycles. The number of aromatic nitrogens is 5. The average molecular weight is 447 g/mol. The van der Waals surface area contributed by atoms with Gasteiger partial charge in [-0.25, -0.2) is 19.6 Å². The molecule has 11 heteroatoms. The second-order valence-electron chi connectivity index (χ2n) is 7.40. The Hall–Kier alpha value is -3.50. The van der Waals surface area contributed by atoms with Crippen LogP contribution < -0.4 is 10.6 Å². The van der Waals surface area contributed by atoms with Gasteiger partial charge in [0.1, 0.15) is 5.82 Å². The van der Waals surface area contributed by atoms with E-state index in [2.05, 4.69) is 30.7 Å². The minimum absolute atomic E-state index is 0.140. The highest BCUT2D eigenvalue weighted by atomic mass is 19.4. The van der Waals surface area contributed by atoms with Crippen molar-refractivity contribution in [3.63, 3.8) is 0 Å². The molecule has 0 aliphatic rings. The lowest BCUT2D eigenvalue weighted by molar-refractivity contribution is -0.137. The molecule has 1 amide bonds. The van der Waals surface area contributed by atoms with Crippen LogP contribution >= 0.6 is 0 Å². The number of nitrogens with one attached hydrogen (secondary N) is 2. The second kappa shape index (κ2) is 9.33. The van der Waals surface area contributed by atoms with E-state index in [1.54, 1.807) is 4.68 Å². The van der Waals surface area contributed by atoms with Gasteiger partial charge in [0.25, 0.3) is 5.95 Å². The summed E-state index contributed by atoms with van der Waals surface area (Å²) in [5.41, 5.74) is 3.14. The van der Waals surface area contributed by atoms with Crippen molar-refractivity contribution >= 4 is 11.7 Å². The Kier molecular flexibility index (Phi) is 6.75. The number of rotatable bonds is 7. The number of nitrogens with zero attached hydrogens (tertiary/aromatic N) is 5. The molecule has 0 radical (unpaired) electrons. The predicted octanol–water partition coefficient (Wildman–Crippen LogP) is 3.08. The van der Waals surface area contributed by atoms with Crippen LogP contribution in [0.25, 0.3) is 5.95 Å². The summed E-state index contributed by atoms with van der Waals surface area (Å²) in [4.78, 5) is 25.0. The van der Waals surface area contributed by atoms with Gasteiger partial charge in [0.05, 0.1) is 17.7 Å². The molecular weight excluding hydrogens is 423 g/mol. The van der Waals surface area contributed by atoms with Crippen LogP contribution in [0.1, 0.15) is 33.9 Å². The van der Waals surface area contributed by atoms with Gasteiger partial charge in [-0.15, -0.1) is 0 Å². The molecule has 8 nitrogen and oxygen atoms in total. The first-order chi connectivity index (χ1) is 15.0. The lowest BCUT2D eigenvalue weighted by Gasteiger charge is -2.10. The van der Waals surface area contributed by atoms with Gasteiger partial charge in [-0.2, -0.15) is 18.3 Å². The summed E-state index contributed by atoms with van der Waals surface area (Å²) < 4.78 is 39.3. The molecule has 0 aromatic carbocycles. The Balaban J connectivity index is 1.55. The SMILES string of the molecule is Cc1cc(C)nc(-n2nc(C)c(CC(=O)NCCNc3ccc(C(F)(F)F)cn3)c2C)n1. The average Bonchev–Trinajstić information content (AvgIpc) is 2.98. The molecule has 170 valence electrons. The molecule has 3 rings (SSSR count). The number of carbonyl (C=O) groups excluding carboxylic acids is 1. The molecule has 3 aromatic heterocycles. The van der Waals surface area contributed by atoms with Gasteiger partial charge in [0, 0.05) is 41.9 Å². The molecule has 0 saturated carbocycles. The largest absolute Gasteiger partial charge is 0.417 e. The number of alkyl halides is 3. The van der Waals surface area contributed by atoms with Crippen LogP contribution in [0.2, 0.25) is 0 Å². The van der Waals surface area contributed by atoms with E-state index in [1.165, 1.54) is 6.07 Å². The number of aryl methyl sites for hydroxylation is 3. The molecule has 0 spiro atoms. The van der Waals surface area contributed by atoms with Crippen molar-refractivity contribution in [2.75, 3.05) is 18.4 Å². The van der Waals surface area contributed by atoms with E-state index >= 15 is 0 Å². The minimum atomic E-state index is -4.42. The lowest BCUT2D eigenvalue weighted by atomic mass is 10.1. The van der Waals surface area contributed by atoms with Crippen molar-refractivity contribution in [1.29, 1.82) is 0 Å². The molecule has 0 bridgehead atoms. The van der Waals surface area contributed by atoms with E-state index in [9.17, 15) is 18.0 Å². The maximum atomic E-state index is 12.6. The summed E-state index contributed by atoms with van der Waals surface area (Å²) in [7, 11) is 0. The Morgan fingerprint density at radius 1 is 1.06 bits per heavy atom. The van der Waals surface area contributed by atoms with Crippen LogP contribution in [0, 0.1) is 27.7 Å². The van der Waals surface area contributed by atoms with Gasteiger partial charge in [0.15, 0.2) is 0 Å². The zero-order chi connectivity index (χ0) is 23.5. The van der Waals surface area contributed by atoms with E-state index in [4.69, 9.17) is 0 Å². The van der Waals surface area contributed by atoms with Crippen molar-refractivity contribution in [1.82, 2.24) is 30.0 Å². The zero-order valence-corrected chi connectivity index (χ0v) is 18.2. The number of hydrogen-bond donors (Lipinski definition) is 2. The van der Waals surface area contributed by atoms with Crippen LogP contribution in [0.15, 0.2) is 24.4 Å². The summed E-state index contributed by atoms with van der Waals surface area (Å²) in [6.45, 7) is 8.05. The number of halogens is 3. The number of hydrogen-bond acceptors (Lipinski definition) is 6. The summed E-state index contributed by atoms with van der Waals surface area (Å²) in [6.07, 6.45) is -3.52. The quantitative estimate of drug-likeness (QED) is 0.541. The fraction of sp³-hybridized carbons (Fsp3) is 0.381. The van der Waals surface area contributed by atoms with Gasteiger partial charge in [-0.3, -0.25) is 4.79 Å². The smallest absolute Gasteiger partial charge is 0.368 e. The Morgan fingerprint density at radius 3 is 2.34 bits per heavy atom. The highest BCUT2D eigenvalue weighted by molar-refractivity contribution is 5.79. The van der Waals surface area contributed by atoms with Crippen molar-refractivity contribution in [3.05, 3.63) is 58.3 Å². The maximum absolute atomic E-state index is 12.6. The lowest BCUT2D eigenvalue weighted by Crippen LogP contribution is -2.30. The van der Waals surface area contributed by atoms with Gasteiger partial charge in [-0.05, 0) is 45.9 Å². The third-order valence-corrected chi connectivity index (χ3v) is 4.78. The van der Waals surface area contributed by atoms with Gasteiger partial charge < -0.3 is 10.6 Å². The fourth-order valence-corrected chi connectivity index (χ4v) is 3.21. The Bertz CT molecular complexity index is 1090. The first-order valence-electron chi connectivity index (χ1n) is 9.96. The van der Waals surface area contributed by atoms with E-state index in [0.717, 1.165) is 34.9 Å². The number of pyridine rings is 1. The number of amides is 1. The van der Waals surface area contributed by atoms with Crippen molar-refractivity contribution < 1.29 is 18.0 Å². The highest BCUT2D eigenvalue weighted by Gasteiger charge is 2.30. The topological polar surface area (TPSA) is 97.6 Å². The molecule has 3 heterocycles. The van der Waals surface area contributed by atoms with Crippen LogP contribution in [0.4, 0.5) is 19.0 Å². The van der Waals surface area contributed by atoms with Crippen molar-refractivity contribution in [3.8, 4) is 5.95 Å². The van der Waals surface area contributed by atoms with Gasteiger partial charge in [-0.1, -0.05) is 0 Å². The molecule has 0 aliphatic carbocycles. The summed E-state index contributed by atoms with van der Waals surface area (Å²) in [5, 5.41) is 10.1.